The highest BCUT2D eigenvalue weighted by Gasteiger charge is 2.15. The highest BCUT2D eigenvalue weighted by Crippen LogP contribution is 2.33. The number of ether oxygens (including phenoxy) is 1. The summed E-state index contributed by atoms with van der Waals surface area (Å²) in [6, 6.07) is 16.7. The molecule has 1 heterocycles. The number of thioether (sulfide) groups is 1. The third kappa shape index (κ3) is 3.76. The first-order valence-electron chi connectivity index (χ1n) is 7.23. The molecule has 3 aromatic rings. The Bertz CT molecular complexity index is 1010. The van der Waals surface area contributed by atoms with Crippen molar-refractivity contribution in [1.82, 2.24) is 9.97 Å². The van der Waals surface area contributed by atoms with E-state index in [9.17, 15) is 10.1 Å². The fourth-order valence-corrected chi connectivity index (χ4v) is 3.05. The molecule has 124 valence electrons. The molecular formula is C18H12BrN3O2S. The van der Waals surface area contributed by atoms with Crippen LogP contribution >= 0.6 is 27.7 Å². The van der Waals surface area contributed by atoms with E-state index >= 15 is 0 Å². The van der Waals surface area contributed by atoms with E-state index < -0.39 is 5.56 Å². The molecule has 2 aromatic carbocycles. The van der Waals surface area contributed by atoms with Crippen LogP contribution in [0.15, 0.2) is 63.0 Å². The number of hydrogen-bond acceptors (Lipinski definition) is 5. The average Bonchev–Trinajstić information content (AvgIpc) is 2.63. The van der Waals surface area contributed by atoms with Crippen molar-refractivity contribution in [3.8, 4) is 28.8 Å². The van der Waals surface area contributed by atoms with E-state index in [2.05, 4.69) is 25.9 Å². The topological polar surface area (TPSA) is 78.8 Å². The Hall–Kier alpha value is -2.56. The van der Waals surface area contributed by atoms with Crippen LogP contribution in [-0.4, -0.2) is 16.2 Å². The molecule has 0 aliphatic heterocycles. The molecule has 0 bridgehead atoms. The van der Waals surface area contributed by atoms with Crippen LogP contribution < -0.4 is 10.3 Å². The fourth-order valence-electron chi connectivity index (χ4n) is 2.21. The van der Waals surface area contributed by atoms with Gasteiger partial charge in [-0.25, -0.2) is 4.98 Å². The number of hydrogen-bond donors (Lipinski definition) is 1. The monoisotopic (exact) mass is 413 g/mol. The Kier molecular flexibility index (Phi) is 5.22. The molecule has 7 heteroatoms. The zero-order valence-corrected chi connectivity index (χ0v) is 15.5. The summed E-state index contributed by atoms with van der Waals surface area (Å²) in [5.74, 6) is 1.34. The third-order valence-electron chi connectivity index (χ3n) is 3.38. The number of benzene rings is 2. The van der Waals surface area contributed by atoms with Gasteiger partial charge in [0.05, 0.1) is 10.2 Å². The summed E-state index contributed by atoms with van der Waals surface area (Å²) in [7, 11) is 0. The van der Waals surface area contributed by atoms with Crippen LogP contribution in [-0.2, 0) is 0 Å². The normalized spacial score (nSPS) is 10.3. The number of aromatic amines is 1. The number of aromatic nitrogens is 2. The van der Waals surface area contributed by atoms with E-state index in [1.165, 1.54) is 11.8 Å². The number of nitriles is 1. The van der Waals surface area contributed by atoms with Crippen LogP contribution in [0.2, 0.25) is 0 Å². The lowest BCUT2D eigenvalue weighted by molar-refractivity contribution is 0.480. The highest BCUT2D eigenvalue weighted by atomic mass is 79.9. The standard InChI is InChI=1S/C18H12BrN3O2S/c1-25-18-21-16(13(10-20)17(23)22-18)11-7-8-15(14(19)9-11)24-12-5-3-2-4-6-12/h2-9H,1H3,(H,21,22,23). The van der Waals surface area contributed by atoms with Crippen molar-refractivity contribution < 1.29 is 4.74 Å². The van der Waals surface area contributed by atoms with E-state index in [0.717, 1.165) is 0 Å². The van der Waals surface area contributed by atoms with Gasteiger partial charge in [-0.1, -0.05) is 30.0 Å². The van der Waals surface area contributed by atoms with Crippen molar-refractivity contribution in [3.05, 3.63) is 68.9 Å². The average molecular weight is 414 g/mol. The Labute approximate surface area is 156 Å². The van der Waals surface area contributed by atoms with Gasteiger partial charge in [0.15, 0.2) is 5.16 Å². The number of nitrogens with one attached hydrogen (secondary N) is 1. The molecule has 0 atom stereocenters. The summed E-state index contributed by atoms with van der Waals surface area (Å²) >= 11 is 4.78. The van der Waals surface area contributed by atoms with Gasteiger partial charge in [-0.2, -0.15) is 5.26 Å². The number of nitrogens with zero attached hydrogens (tertiary/aromatic N) is 2. The Balaban J connectivity index is 2.03. The quantitative estimate of drug-likeness (QED) is 0.499. The van der Waals surface area contributed by atoms with Gasteiger partial charge >= 0.3 is 0 Å². The molecule has 0 radical (unpaired) electrons. The maximum absolute atomic E-state index is 12.0. The second-order valence-corrected chi connectivity index (χ2v) is 6.62. The van der Waals surface area contributed by atoms with Crippen LogP contribution in [0.3, 0.4) is 0 Å². The fraction of sp³-hybridized carbons (Fsp3) is 0.0556. The first-order valence-corrected chi connectivity index (χ1v) is 9.25. The lowest BCUT2D eigenvalue weighted by atomic mass is 10.1. The molecule has 0 unspecified atom stereocenters. The van der Waals surface area contributed by atoms with Crippen molar-refractivity contribution in [1.29, 1.82) is 5.26 Å². The molecule has 25 heavy (non-hydrogen) atoms. The Morgan fingerprint density at radius 3 is 2.64 bits per heavy atom. The third-order valence-corrected chi connectivity index (χ3v) is 4.58. The summed E-state index contributed by atoms with van der Waals surface area (Å²) < 4.78 is 6.52. The van der Waals surface area contributed by atoms with Gasteiger partial charge in [-0.3, -0.25) is 4.79 Å². The van der Waals surface area contributed by atoms with Crippen LogP contribution in [0.5, 0.6) is 11.5 Å². The molecule has 1 N–H and O–H groups in total. The van der Waals surface area contributed by atoms with Crippen molar-refractivity contribution in [2.24, 2.45) is 0 Å². The van der Waals surface area contributed by atoms with Gasteiger partial charge in [0.25, 0.3) is 5.56 Å². The lowest BCUT2D eigenvalue weighted by Gasteiger charge is -2.10. The highest BCUT2D eigenvalue weighted by molar-refractivity contribution is 9.10. The van der Waals surface area contributed by atoms with Crippen molar-refractivity contribution in [3.63, 3.8) is 0 Å². The van der Waals surface area contributed by atoms with Crippen molar-refractivity contribution in [2.75, 3.05) is 6.26 Å². The minimum absolute atomic E-state index is 0.0126. The predicted octanol–water partition coefficient (Wildman–Crippen LogP) is 4.59. The maximum Gasteiger partial charge on any atom is 0.270 e. The molecule has 5 nitrogen and oxygen atoms in total. The summed E-state index contributed by atoms with van der Waals surface area (Å²) in [4.78, 5) is 19.0. The molecule has 3 rings (SSSR count). The predicted molar refractivity (Wildman–Crippen MR) is 101 cm³/mol. The molecule has 0 fully saturated rings. The van der Waals surface area contributed by atoms with Crippen LogP contribution in [0.1, 0.15) is 5.56 Å². The molecule has 0 aliphatic rings. The van der Waals surface area contributed by atoms with E-state index in [-0.39, 0.29) is 5.56 Å². The molecular weight excluding hydrogens is 402 g/mol. The minimum Gasteiger partial charge on any atom is -0.456 e. The number of rotatable bonds is 4. The molecule has 0 spiro atoms. The van der Waals surface area contributed by atoms with Gasteiger partial charge in [0.1, 0.15) is 23.1 Å². The summed E-state index contributed by atoms with van der Waals surface area (Å²) in [6.45, 7) is 0. The zero-order valence-electron chi connectivity index (χ0n) is 13.1. The Morgan fingerprint density at radius 2 is 2.00 bits per heavy atom. The smallest absolute Gasteiger partial charge is 0.270 e. The van der Waals surface area contributed by atoms with E-state index in [4.69, 9.17) is 4.74 Å². The van der Waals surface area contributed by atoms with Gasteiger partial charge in [-0.05, 0) is 52.5 Å². The van der Waals surface area contributed by atoms with Gasteiger partial charge in [0.2, 0.25) is 0 Å². The van der Waals surface area contributed by atoms with E-state index in [0.29, 0.717) is 32.4 Å². The molecule has 1 aromatic heterocycles. The van der Waals surface area contributed by atoms with E-state index in [1.54, 1.807) is 24.5 Å². The second kappa shape index (κ2) is 7.55. The molecule has 0 saturated carbocycles. The number of halogens is 1. The largest absolute Gasteiger partial charge is 0.456 e. The molecule has 0 saturated heterocycles. The van der Waals surface area contributed by atoms with Gasteiger partial charge in [-0.15, -0.1) is 0 Å². The van der Waals surface area contributed by atoms with Gasteiger partial charge < -0.3 is 9.72 Å². The van der Waals surface area contributed by atoms with Crippen LogP contribution in [0, 0.1) is 11.3 Å². The van der Waals surface area contributed by atoms with Crippen LogP contribution in [0.25, 0.3) is 11.3 Å². The van der Waals surface area contributed by atoms with Gasteiger partial charge in [0, 0.05) is 5.56 Å². The van der Waals surface area contributed by atoms with Crippen LogP contribution in [0.4, 0.5) is 0 Å². The van der Waals surface area contributed by atoms with E-state index in [1.807, 2.05) is 36.4 Å². The molecule has 0 amide bonds. The zero-order chi connectivity index (χ0) is 17.8. The number of H-pyrrole nitrogens is 1. The SMILES string of the molecule is CSc1nc(-c2ccc(Oc3ccccc3)c(Br)c2)c(C#N)c(=O)[nH]1. The molecule has 0 aliphatic carbocycles. The minimum atomic E-state index is -0.447. The van der Waals surface area contributed by atoms with Crippen molar-refractivity contribution >= 4 is 27.7 Å². The van der Waals surface area contributed by atoms with Crippen molar-refractivity contribution in [2.45, 2.75) is 5.16 Å². The maximum atomic E-state index is 12.0. The summed E-state index contributed by atoms with van der Waals surface area (Å²) in [5.41, 5.74) is 0.548. The first kappa shape index (κ1) is 17.3. The second-order valence-electron chi connectivity index (χ2n) is 4.97. The number of para-hydroxylation sites is 1. The summed E-state index contributed by atoms with van der Waals surface area (Å²) in [5, 5.41) is 9.75. The Morgan fingerprint density at radius 1 is 1.24 bits per heavy atom. The lowest BCUT2D eigenvalue weighted by Crippen LogP contribution is -2.14. The first-order chi connectivity index (χ1) is 12.1. The summed E-state index contributed by atoms with van der Waals surface area (Å²) in [6.07, 6.45) is 1.81.